The third-order valence-electron chi connectivity index (χ3n) is 4.57. The van der Waals surface area contributed by atoms with Crippen LogP contribution >= 0.6 is 23.2 Å². The van der Waals surface area contributed by atoms with Gasteiger partial charge in [-0.3, -0.25) is 19.3 Å². The summed E-state index contributed by atoms with van der Waals surface area (Å²) < 4.78 is 6.04. The largest absolute Gasteiger partial charge is 0.455 e. The van der Waals surface area contributed by atoms with E-state index >= 15 is 0 Å². The number of hydrogen-bond donors (Lipinski definition) is 1. The van der Waals surface area contributed by atoms with Crippen molar-refractivity contribution in [1.82, 2.24) is 4.90 Å². The minimum absolute atomic E-state index is 0.0115. The number of nitrogens with one attached hydrogen (secondary N) is 1. The van der Waals surface area contributed by atoms with Gasteiger partial charge in [0.15, 0.2) is 5.75 Å². The van der Waals surface area contributed by atoms with E-state index in [0.29, 0.717) is 27.2 Å². The molecule has 0 atom stereocenters. The summed E-state index contributed by atoms with van der Waals surface area (Å²) in [5.74, 6) is 0.214. The number of likely N-dealkylation sites (tertiary alicyclic amines) is 1. The minimum Gasteiger partial charge on any atom is -0.455 e. The highest BCUT2D eigenvalue weighted by atomic mass is 35.5. The molecular formula is C21H20Cl2N2O4. The first-order valence-corrected chi connectivity index (χ1v) is 9.87. The van der Waals surface area contributed by atoms with E-state index in [1.54, 1.807) is 30.3 Å². The van der Waals surface area contributed by atoms with E-state index < -0.39 is 0 Å². The van der Waals surface area contributed by atoms with Gasteiger partial charge >= 0.3 is 0 Å². The summed E-state index contributed by atoms with van der Waals surface area (Å²) in [6.45, 7) is 3.81. The molecule has 2 aromatic rings. The van der Waals surface area contributed by atoms with Crippen molar-refractivity contribution in [2.45, 2.75) is 33.1 Å². The number of carbonyl (C=O) groups excluding carboxylic acids is 3. The van der Waals surface area contributed by atoms with Crippen LogP contribution in [0.1, 0.15) is 30.4 Å². The second-order valence-corrected chi connectivity index (χ2v) is 7.72. The van der Waals surface area contributed by atoms with Gasteiger partial charge in [-0.25, -0.2) is 0 Å². The third kappa shape index (κ3) is 5.08. The Hall–Kier alpha value is -2.57. The van der Waals surface area contributed by atoms with Crippen LogP contribution in [0.4, 0.5) is 5.69 Å². The Kier molecular flexibility index (Phi) is 6.45. The van der Waals surface area contributed by atoms with E-state index in [1.807, 2.05) is 13.8 Å². The quantitative estimate of drug-likeness (QED) is 0.657. The summed E-state index contributed by atoms with van der Waals surface area (Å²) in [4.78, 5) is 36.9. The Balaban J connectivity index is 1.74. The molecule has 3 amide bonds. The summed E-state index contributed by atoms with van der Waals surface area (Å²) >= 11 is 12.2. The van der Waals surface area contributed by atoms with Gasteiger partial charge in [0, 0.05) is 35.9 Å². The van der Waals surface area contributed by atoms with Crippen LogP contribution < -0.4 is 10.1 Å². The fourth-order valence-corrected chi connectivity index (χ4v) is 3.66. The number of carbonyl (C=O) groups is 3. The second kappa shape index (κ2) is 8.84. The molecule has 1 heterocycles. The van der Waals surface area contributed by atoms with E-state index in [9.17, 15) is 14.4 Å². The highest BCUT2D eigenvalue weighted by molar-refractivity contribution is 6.31. The number of ether oxygens (including phenoxy) is 1. The van der Waals surface area contributed by atoms with Crippen LogP contribution in [0.3, 0.4) is 0 Å². The first-order valence-electron chi connectivity index (χ1n) is 9.12. The Labute approximate surface area is 178 Å². The highest BCUT2D eigenvalue weighted by Crippen LogP contribution is 2.36. The fraction of sp³-hybridized carbons (Fsp3) is 0.286. The second-order valence-electron chi connectivity index (χ2n) is 6.85. The number of benzene rings is 2. The standard InChI is InChI=1S/C21H20Cl2N2O4/c1-12-9-15(23)10-13(2)21(12)29-17-4-3-14(22)11-16(17)24-18(26)7-8-25-19(27)5-6-20(25)28/h3-4,9-11H,5-8H2,1-2H3,(H,24,26). The molecule has 0 saturated carbocycles. The van der Waals surface area contributed by atoms with Gasteiger partial charge in [-0.2, -0.15) is 0 Å². The molecule has 6 nitrogen and oxygen atoms in total. The van der Waals surface area contributed by atoms with Crippen LogP contribution in [0, 0.1) is 13.8 Å². The number of amides is 3. The van der Waals surface area contributed by atoms with Crippen LogP contribution in [0.2, 0.25) is 10.0 Å². The Bertz CT molecular complexity index is 952. The lowest BCUT2D eigenvalue weighted by molar-refractivity contribution is -0.138. The molecule has 0 radical (unpaired) electrons. The normalized spacial score (nSPS) is 13.7. The lowest BCUT2D eigenvalue weighted by atomic mass is 10.1. The maximum Gasteiger partial charge on any atom is 0.229 e. The van der Waals surface area contributed by atoms with Crippen molar-refractivity contribution in [1.29, 1.82) is 0 Å². The zero-order chi connectivity index (χ0) is 21.1. The Morgan fingerprint density at radius 1 is 1.03 bits per heavy atom. The van der Waals surface area contributed by atoms with Gasteiger partial charge in [-0.15, -0.1) is 0 Å². The molecule has 0 aliphatic carbocycles. The molecule has 152 valence electrons. The van der Waals surface area contributed by atoms with Crippen molar-refractivity contribution in [2.75, 3.05) is 11.9 Å². The van der Waals surface area contributed by atoms with Crippen LogP contribution in [0.25, 0.3) is 0 Å². The van der Waals surface area contributed by atoms with Crippen LogP contribution in [-0.4, -0.2) is 29.2 Å². The molecule has 1 aliphatic heterocycles. The Morgan fingerprint density at radius 3 is 2.28 bits per heavy atom. The zero-order valence-electron chi connectivity index (χ0n) is 16.1. The van der Waals surface area contributed by atoms with Gasteiger partial charge < -0.3 is 10.1 Å². The fourth-order valence-electron chi connectivity index (χ4n) is 3.16. The minimum atomic E-state index is -0.353. The van der Waals surface area contributed by atoms with E-state index in [2.05, 4.69) is 5.32 Å². The number of rotatable bonds is 6. The SMILES string of the molecule is Cc1cc(Cl)cc(C)c1Oc1ccc(Cl)cc1NC(=O)CCN1C(=O)CCC1=O. The van der Waals surface area contributed by atoms with Crippen molar-refractivity contribution in [3.8, 4) is 11.5 Å². The molecule has 0 bridgehead atoms. The number of anilines is 1. The van der Waals surface area contributed by atoms with E-state index in [4.69, 9.17) is 27.9 Å². The molecule has 1 fully saturated rings. The van der Waals surface area contributed by atoms with Gasteiger partial charge in [0.25, 0.3) is 0 Å². The third-order valence-corrected chi connectivity index (χ3v) is 5.02. The smallest absolute Gasteiger partial charge is 0.229 e. The predicted molar refractivity (Wildman–Crippen MR) is 112 cm³/mol. The first kappa shape index (κ1) is 21.1. The van der Waals surface area contributed by atoms with Gasteiger partial charge in [0.2, 0.25) is 17.7 Å². The maximum atomic E-state index is 12.4. The number of imide groups is 1. The molecule has 0 spiro atoms. The van der Waals surface area contributed by atoms with Gasteiger partial charge in [0.05, 0.1) is 5.69 Å². The zero-order valence-corrected chi connectivity index (χ0v) is 17.6. The average molecular weight is 435 g/mol. The molecule has 3 rings (SSSR count). The van der Waals surface area contributed by atoms with Gasteiger partial charge in [-0.1, -0.05) is 23.2 Å². The molecule has 2 aromatic carbocycles. The summed E-state index contributed by atoms with van der Waals surface area (Å²) in [7, 11) is 0. The maximum absolute atomic E-state index is 12.4. The van der Waals surface area contributed by atoms with Crippen molar-refractivity contribution < 1.29 is 19.1 Å². The lowest BCUT2D eigenvalue weighted by Crippen LogP contribution is -2.32. The molecule has 1 saturated heterocycles. The molecule has 29 heavy (non-hydrogen) atoms. The van der Waals surface area contributed by atoms with Gasteiger partial charge in [0.1, 0.15) is 5.75 Å². The lowest BCUT2D eigenvalue weighted by Gasteiger charge is -2.17. The molecule has 1 aliphatic rings. The average Bonchev–Trinajstić information content (AvgIpc) is 2.96. The van der Waals surface area contributed by atoms with Crippen molar-refractivity contribution in [3.05, 3.63) is 51.5 Å². The number of halogens is 2. The van der Waals surface area contributed by atoms with Crippen LogP contribution in [-0.2, 0) is 14.4 Å². The summed E-state index contributed by atoms with van der Waals surface area (Å²) in [5, 5.41) is 3.80. The molecule has 1 N–H and O–H groups in total. The number of aryl methyl sites for hydroxylation is 2. The molecule has 8 heteroatoms. The van der Waals surface area contributed by atoms with Gasteiger partial charge in [-0.05, 0) is 55.3 Å². The number of hydrogen-bond acceptors (Lipinski definition) is 4. The molecule has 0 unspecified atom stereocenters. The molecule has 0 aromatic heterocycles. The Morgan fingerprint density at radius 2 is 1.66 bits per heavy atom. The van der Waals surface area contributed by atoms with Crippen LogP contribution in [0.5, 0.6) is 11.5 Å². The molecular weight excluding hydrogens is 415 g/mol. The summed E-state index contributed by atoms with van der Waals surface area (Å²) in [6.07, 6.45) is 0.390. The predicted octanol–water partition coefficient (Wildman–Crippen LogP) is 4.88. The van der Waals surface area contributed by atoms with Crippen molar-refractivity contribution >= 4 is 46.6 Å². The first-order chi connectivity index (χ1) is 13.7. The van der Waals surface area contributed by atoms with E-state index in [-0.39, 0.29) is 43.5 Å². The van der Waals surface area contributed by atoms with Crippen molar-refractivity contribution in [2.24, 2.45) is 0 Å². The monoisotopic (exact) mass is 434 g/mol. The number of nitrogens with zero attached hydrogens (tertiary/aromatic N) is 1. The highest BCUT2D eigenvalue weighted by Gasteiger charge is 2.28. The van der Waals surface area contributed by atoms with Crippen LogP contribution in [0.15, 0.2) is 30.3 Å². The van der Waals surface area contributed by atoms with Crippen molar-refractivity contribution in [3.63, 3.8) is 0 Å². The topological polar surface area (TPSA) is 75.7 Å². The summed E-state index contributed by atoms with van der Waals surface area (Å²) in [5.41, 5.74) is 2.11. The summed E-state index contributed by atoms with van der Waals surface area (Å²) in [6, 6.07) is 8.50. The van der Waals surface area contributed by atoms with E-state index in [1.165, 1.54) is 0 Å². The van der Waals surface area contributed by atoms with E-state index in [0.717, 1.165) is 16.0 Å².